The summed E-state index contributed by atoms with van der Waals surface area (Å²) in [6.45, 7) is -0.666. The van der Waals surface area contributed by atoms with Crippen LogP contribution in [-0.2, 0) is 24.4 Å². The molecule has 1 N–H and O–H groups in total. The summed E-state index contributed by atoms with van der Waals surface area (Å²) in [5.41, 5.74) is 0.447. The van der Waals surface area contributed by atoms with Crippen molar-refractivity contribution in [2.45, 2.75) is 4.90 Å². The normalized spacial score (nSPS) is 11.8. The standard InChI is InChI=1S/C9H9NO6S3/c11-18(12,6-5-16-19(13,14)15)9-3-1-8(2-4-9)10-7-17/h1-4H,5-6H2,(H,13,14,15). The topological polar surface area (TPSA) is 110 Å². The minimum atomic E-state index is -4.64. The summed E-state index contributed by atoms with van der Waals surface area (Å²) in [4.78, 5) is 3.64. The van der Waals surface area contributed by atoms with E-state index in [0.29, 0.717) is 5.69 Å². The monoisotopic (exact) mass is 323 g/mol. The number of isothiocyanates is 1. The molecule has 0 radical (unpaired) electrons. The van der Waals surface area contributed by atoms with Gasteiger partial charge in [-0.3, -0.25) is 4.55 Å². The summed E-state index contributed by atoms with van der Waals surface area (Å²) in [6.07, 6.45) is 0. The predicted octanol–water partition coefficient (Wildman–Crippen LogP) is 1.01. The van der Waals surface area contributed by atoms with Crippen molar-refractivity contribution in [3.05, 3.63) is 24.3 Å². The van der Waals surface area contributed by atoms with Gasteiger partial charge in [0.15, 0.2) is 9.84 Å². The minimum Gasteiger partial charge on any atom is -0.264 e. The van der Waals surface area contributed by atoms with Crippen LogP contribution in [0.25, 0.3) is 0 Å². The zero-order valence-electron chi connectivity index (χ0n) is 9.38. The molecule has 19 heavy (non-hydrogen) atoms. The molecular formula is C9H9NO6S3. The third kappa shape index (κ3) is 5.55. The van der Waals surface area contributed by atoms with E-state index in [2.05, 4.69) is 26.6 Å². The van der Waals surface area contributed by atoms with Crippen LogP contribution in [0.2, 0.25) is 0 Å². The summed E-state index contributed by atoms with van der Waals surface area (Å²) in [5, 5.41) is 2.14. The van der Waals surface area contributed by atoms with Gasteiger partial charge in [-0.1, -0.05) is 0 Å². The van der Waals surface area contributed by atoms with Crippen LogP contribution in [0.15, 0.2) is 34.2 Å². The quantitative estimate of drug-likeness (QED) is 0.472. The van der Waals surface area contributed by atoms with Gasteiger partial charge in [-0.25, -0.2) is 12.6 Å². The lowest BCUT2D eigenvalue weighted by molar-refractivity contribution is 0.284. The van der Waals surface area contributed by atoms with Gasteiger partial charge in [-0.15, -0.1) is 0 Å². The largest absolute Gasteiger partial charge is 0.397 e. The predicted molar refractivity (Wildman–Crippen MR) is 70.7 cm³/mol. The van der Waals surface area contributed by atoms with Gasteiger partial charge in [0.25, 0.3) is 0 Å². The fourth-order valence-corrected chi connectivity index (χ4v) is 2.74. The maximum Gasteiger partial charge on any atom is 0.397 e. The maximum atomic E-state index is 11.8. The summed E-state index contributed by atoms with van der Waals surface area (Å²) in [6, 6.07) is 5.45. The molecule has 7 nitrogen and oxygen atoms in total. The van der Waals surface area contributed by atoms with E-state index in [-0.39, 0.29) is 4.90 Å². The molecule has 0 heterocycles. The van der Waals surface area contributed by atoms with Gasteiger partial charge in [0.2, 0.25) is 0 Å². The molecule has 1 aromatic carbocycles. The van der Waals surface area contributed by atoms with E-state index in [1.807, 2.05) is 0 Å². The number of aliphatic imine (C=N–C) groups is 1. The molecule has 0 amide bonds. The highest BCUT2D eigenvalue weighted by molar-refractivity contribution is 7.91. The van der Waals surface area contributed by atoms with Crippen LogP contribution in [0.1, 0.15) is 0 Å². The van der Waals surface area contributed by atoms with Gasteiger partial charge in [0.1, 0.15) is 0 Å². The maximum absolute atomic E-state index is 11.8. The average molecular weight is 323 g/mol. The van der Waals surface area contributed by atoms with Gasteiger partial charge in [0.05, 0.1) is 28.1 Å². The first kappa shape index (κ1) is 15.9. The van der Waals surface area contributed by atoms with Gasteiger partial charge in [0, 0.05) is 0 Å². The first-order chi connectivity index (χ1) is 8.74. The Hall–Kier alpha value is -1.16. The second kappa shape index (κ2) is 6.33. The molecule has 0 saturated heterocycles. The Morgan fingerprint density at radius 3 is 2.26 bits per heavy atom. The van der Waals surface area contributed by atoms with Crippen molar-refractivity contribution in [3.8, 4) is 0 Å². The van der Waals surface area contributed by atoms with E-state index in [1.54, 1.807) is 0 Å². The molecule has 0 unspecified atom stereocenters. The SMILES string of the molecule is O=S(=O)(O)OCCS(=O)(=O)c1ccc(N=C=S)cc1. The molecule has 1 rings (SSSR count). The number of thiocarbonyl (C=S) groups is 1. The van der Waals surface area contributed by atoms with E-state index < -0.39 is 32.6 Å². The van der Waals surface area contributed by atoms with Gasteiger partial charge in [-0.2, -0.15) is 13.4 Å². The Balaban J connectivity index is 2.80. The minimum absolute atomic E-state index is 0.0187. The molecule has 0 aliphatic rings. The summed E-state index contributed by atoms with van der Waals surface area (Å²) >= 11 is 4.40. The highest BCUT2D eigenvalue weighted by Crippen LogP contribution is 2.17. The molecular weight excluding hydrogens is 314 g/mol. The lowest BCUT2D eigenvalue weighted by Gasteiger charge is -2.04. The molecule has 0 aliphatic heterocycles. The molecule has 0 spiro atoms. The van der Waals surface area contributed by atoms with Crippen LogP contribution in [0, 0.1) is 0 Å². The Bertz CT molecular complexity index is 686. The van der Waals surface area contributed by atoms with Gasteiger partial charge >= 0.3 is 10.4 Å². The molecule has 0 aromatic heterocycles. The summed E-state index contributed by atoms with van der Waals surface area (Å²) in [5.74, 6) is -0.581. The number of nitrogens with zero attached hydrogens (tertiary/aromatic N) is 1. The van der Waals surface area contributed by atoms with Crippen LogP contribution in [0.4, 0.5) is 5.69 Å². The van der Waals surface area contributed by atoms with E-state index in [4.69, 9.17) is 4.55 Å². The Kier molecular flexibility index (Phi) is 5.29. The molecule has 10 heteroatoms. The Morgan fingerprint density at radius 1 is 1.21 bits per heavy atom. The molecule has 104 valence electrons. The zero-order valence-corrected chi connectivity index (χ0v) is 11.8. The summed E-state index contributed by atoms with van der Waals surface area (Å²) < 4.78 is 56.3. The molecule has 0 aliphatic carbocycles. The van der Waals surface area contributed by atoms with Crippen molar-refractivity contribution in [2.24, 2.45) is 4.99 Å². The second-order valence-electron chi connectivity index (χ2n) is 3.27. The molecule has 0 atom stereocenters. The molecule has 0 saturated carbocycles. The van der Waals surface area contributed by atoms with Gasteiger partial charge < -0.3 is 0 Å². The number of hydrogen-bond acceptors (Lipinski definition) is 7. The third-order valence-corrected chi connectivity index (χ3v) is 4.21. The zero-order chi connectivity index (χ0) is 14.5. The Morgan fingerprint density at radius 2 is 1.79 bits per heavy atom. The van der Waals surface area contributed by atoms with Crippen LogP contribution in [-0.4, -0.2) is 38.9 Å². The Labute approximate surface area is 115 Å². The van der Waals surface area contributed by atoms with E-state index in [0.717, 1.165) is 0 Å². The highest BCUT2D eigenvalue weighted by atomic mass is 32.3. The highest BCUT2D eigenvalue weighted by Gasteiger charge is 2.16. The van der Waals surface area contributed by atoms with Crippen molar-refractivity contribution >= 4 is 43.3 Å². The second-order valence-corrected chi connectivity index (χ2v) is 6.65. The number of hydrogen-bond donors (Lipinski definition) is 1. The fourth-order valence-electron chi connectivity index (χ4n) is 1.15. The van der Waals surface area contributed by atoms with Crippen molar-refractivity contribution in [1.82, 2.24) is 0 Å². The van der Waals surface area contributed by atoms with Crippen LogP contribution >= 0.6 is 12.2 Å². The lowest BCUT2D eigenvalue weighted by Crippen LogP contribution is -2.15. The van der Waals surface area contributed by atoms with Crippen molar-refractivity contribution in [2.75, 3.05) is 12.4 Å². The number of sulfone groups is 1. The van der Waals surface area contributed by atoms with E-state index >= 15 is 0 Å². The van der Waals surface area contributed by atoms with Crippen molar-refractivity contribution in [3.63, 3.8) is 0 Å². The average Bonchev–Trinajstić information content (AvgIpc) is 2.28. The smallest absolute Gasteiger partial charge is 0.264 e. The molecule has 0 bridgehead atoms. The summed E-state index contributed by atoms with van der Waals surface area (Å²) in [7, 11) is -8.35. The van der Waals surface area contributed by atoms with Crippen LogP contribution < -0.4 is 0 Å². The third-order valence-electron chi connectivity index (χ3n) is 1.95. The molecule has 1 aromatic rings. The van der Waals surface area contributed by atoms with Crippen molar-refractivity contribution in [1.29, 1.82) is 0 Å². The molecule has 0 fully saturated rings. The van der Waals surface area contributed by atoms with Gasteiger partial charge in [-0.05, 0) is 36.5 Å². The first-order valence-corrected chi connectivity index (χ1v) is 8.20. The van der Waals surface area contributed by atoms with Crippen LogP contribution in [0.3, 0.4) is 0 Å². The number of benzene rings is 1. The van der Waals surface area contributed by atoms with Crippen LogP contribution in [0.5, 0.6) is 0 Å². The van der Waals surface area contributed by atoms with E-state index in [1.165, 1.54) is 24.3 Å². The fraction of sp³-hybridized carbons (Fsp3) is 0.222. The first-order valence-electron chi connectivity index (χ1n) is 4.77. The lowest BCUT2D eigenvalue weighted by atomic mass is 10.3. The number of rotatable bonds is 6. The van der Waals surface area contributed by atoms with E-state index in [9.17, 15) is 16.8 Å². The van der Waals surface area contributed by atoms with Crippen molar-refractivity contribution < 1.29 is 25.6 Å².